The molecule has 2 rings (SSSR count). The number of halogens is 1. The summed E-state index contributed by atoms with van der Waals surface area (Å²) in [5.41, 5.74) is -0.862. The largest absolute Gasteiger partial charge is 0.550 e. The summed E-state index contributed by atoms with van der Waals surface area (Å²) in [6, 6.07) is 0. The second kappa shape index (κ2) is 2.38. The summed E-state index contributed by atoms with van der Waals surface area (Å²) in [7, 11) is 0. The minimum absolute atomic E-state index is 0.190. The average molecular weight is 244 g/mol. The fourth-order valence-electron chi connectivity index (χ4n) is 2.68. The number of carbonyl (C=O) groups is 1. The van der Waals surface area contributed by atoms with Gasteiger partial charge in [0.25, 0.3) is 0 Å². The van der Waals surface area contributed by atoms with Gasteiger partial charge in [0.15, 0.2) is 0 Å². The van der Waals surface area contributed by atoms with Crippen LogP contribution in [-0.4, -0.2) is 5.97 Å². The molecule has 3 heteroatoms. The van der Waals surface area contributed by atoms with Crippen LogP contribution in [0.5, 0.6) is 0 Å². The van der Waals surface area contributed by atoms with E-state index in [4.69, 9.17) is 0 Å². The van der Waals surface area contributed by atoms with E-state index in [0.29, 0.717) is 5.92 Å². The van der Waals surface area contributed by atoms with Crippen LogP contribution in [0, 0.1) is 16.7 Å². The Labute approximate surface area is 86.1 Å². The number of allylic oxidation sites excluding steroid dienone is 2. The molecule has 0 aliphatic heterocycles. The lowest BCUT2D eigenvalue weighted by molar-refractivity contribution is -0.322. The van der Waals surface area contributed by atoms with Gasteiger partial charge in [0.1, 0.15) is 0 Å². The molecule has 2 aliphatic carbocycles. The van der Waals surface area contributed by atoms with Crippen LogP contribution in [0.15, 0.2) is 10.6 Å². The lowest BCUT2D eigenvalue weighted by Crippen LogP contribution is -2.51. The van der Waals surface area contributed by atoms with Crippen molar-refractivity contribution in [2.24, 2.45) is 16.7 Å². The summed E-state index contributed by atoms with van der Waals surface area (Å²) >= 11 is 3.45. The Kier molecular flexibility index (Phi) is 1.69. The minimum Gasteiger partial charge on any atom is -0.550 e. The van der Waals surface area contributed by atoms with Crippen molar-refractivity contribution in [3.8, 4) is 0 Å². The highest BCUT2D eigenvalue weighted by atomic mass is 79.9. The zero-order chi connectivity index (χ0) is 9.85. The van der Waals surface area contributed by atoms with Gasteiger partial charge in [0, 0.05) is 16.8 Å². The number of rotatable bonds is 1. The molecule has 0 bridgehead atoms. The predicted molar refractivity (Wildman–Crippen MR) is 51.0 cm³/mol. The van der Waals surface area contributed by atoms with Crippen molar-refractivity contribution in [2.75, 3.05) is 0 Å². The molecule has 0 N–H and O–H groups in total. The van der Waals surface area contributed by atoms with Gasteiger partial charge in [0.05, 0.1) is 0 Å². The Hall–Kier alpha value is -0.310. The molecule has 0 aromatic carbocycles. The molecule has 0 spiro atoms. The van der Waals surface area contributed by atoms with Crippen LogP contribution in [0.3, 0.4) is 0 Å². The maximum atomic E-state index is 11.1. The van der Waals surface area contributed by atoms with Crippen molar-refractivity contribution in [2.45, 2.75) is 26.7 Å². The molecule has 2 aliphatic rings. The van der Waals surface area contributed by atoms with E-state index in [1.54, 1.807) is 6.92 Å². The van der Waals surface area contributed by atoms with Gasteiger partial charge in [-0.25, -0.2) is 0 Å². The van der Waals surface area contributed by atoms with Gasteiger partial charge < -0.3 is 9.90 Å². The van der Waals surface area contributed by atoms with Crippen LogP contribution in [-0.2, 0) is 4.79 Å². The van der Waals surface area contributed by atoms with Gasteiger partial charge in [-0.2, -0.15) is 0 Å². The maximum absolute atomic E-state index is 11.1. The monoisotopic (exact) mass is 243 g/mol. The van der Waals surface area contributed by atoms with E-state index < -0.39 is 11.4 Å². The van der Waals surface area contributed by atoms with E-state index >= 15 is 0 Å². The van der Waals surface area contributed by atoms with E-state index in [0.717, 1.165) is 12.8 Å². The molecule has 0 heterocycles. The van der Waals surface area contributed by atoms with Crippen LogP contribution >= 0.6 is 15.9 Å². The molecule has 2 nitrogen and oxygen atoms in total. The van der Waals surface area contributed by atoms with Crippen molar-refractivity contribution in [1.29, 1.82) is 0 Å². The molecule has 1 saturated carbocycles. The van der Waals surface area contributed by atoms with E-state index in [9.17, 15) is 9.90 Å². The third-order valence-electron chi connectivity index (χ3n) is 4.07. The second-order valence-electron chi connectivity index (χ2n) is 4.52. The van der Waals surface area contributed by atoms with Gasteiger partial charge in [-0.15, -0.1) is 0 Å². The molecular weight excluding hydrogens is 232 g/mol. The van der Waals surface area contributed by atoms with Crippen LogP contribution in [0.1, 0.15) is 26.7 Å². The fraction of sp³-hybridized carbons (Fsp3) is 0.700. The Bertz CT molecular complexity index is 310. The summed E-state index contributed by atoms with van der Waals surface area (Å²) in [6.45, 7) is 3.82. The van der Waals surface area contributed by atoms with Crippen molar-refractivity contribution in [3.63, 3.8) is 0 Å². The number of hydrogen-bond donors (Lipinski definition) is 0. The Morgan fingerprint density at radius 2 is 2.31 bits per heavy atom. The van der Waals surface area contributed by atoms with E-state index in [2.05, 4.69) is 15.9 Å². The van der Waals surface area contributed by atoms with Crippen LogP contribution in [0.4, 0.5) is 0 Å². The summed E-state index contributed by atoms with van der Waals surface area (Å²) in [6.07, 6.45) is 3.71. The van der Waals surface area contributed by atoms with Crippen molar-refractivity contribution in [1.82, 2.24) is 0 Å². The molecule has 1 fully saturated rings. The van der Waals surface area contributed by atoms with Crippen molar-refractivity contribution < 1.29 is 9.90 Å². The predicted octanol–water partition coefficient (Wildman–Crippen LogP) is 1.45. The summed E-state index contributed by atoms with van der Waals surface area (Å²) in [5.74, 6) is -0.510. The molecule has 72 valence electrons. The number of aliphatic carboxylic acids is 1. The summed E-state index contributed by atoms with van der Waals surface area (Å²) < 4.78 is 1.17. The third-order valence-corrected chi connectivity index (χ3v) is 4.85. The van der Waals surface area contributed by atoms with E-state index in [1.165, 1.54) is 4.48 Å². The first-order valence-electron chi connectivity index (χ1n) is 4.51. The highest BCUT2D eigenvalue weighted by Crippen LogP contribution is 2.66. The number of carboxylic acids is 1. The zero-order valence-corrected chi connectivity index (χ0v) is 9.35. The second-order valence-corrected chi connectivity index (χ2v) is 5.44. The Morgan fingerprint density at radius 3 is 2.69 bits per heavy atom. The minimum atomic E-state index is -0.909. The number of carboxylic acid groups (broad SMARTS) is 1. The highest BCUT2D eigenvalue weighted by molar-refractivity contribution is 9.11. The first kappa shape index (κ1) is 9.25. The Morgan fingerprint density at radius 1 is 1.69 bits per heavy atom. The first-order chi connectivity index (χ1) is 5.92. The van der Waals surface area contributed by atoms with E-state index in [1.807, 2.05) is 13.0 Å². The molecule has 0 aromatic rings. The number of hydrogen-bond acceptors (Lipinski definition) is 2. The van der Waals surface area contributed by atoms with Gasteiger partial charge in [-0.1, -0.05) is 35.9 Å². The van der Waals surface area contributed by atoms with Gasteiger partial charge >= 0.3 is 0 Å². The molecule has 13 heavy (non-hydrogen) atoms. The van der Waals surface area contributed by atoms with Crippen molar-refractivity contribution >= 4 is 21.9 Å². The first-order valence-corrected chi connectivity index (χ1v) is 5.31. The zero-order valence-electron chi connectivity index (χ0n) is 7.76. The summed E-state index contributed by atoms with van der Waals surface area (Å²) in [4.78, 5) is 11.1. The molecule has 0 radical (unpaired) electrons. The topological polar surface area (TPSA) is 40.1 Å². The van der Waals surface area contributed by atoms with Crippen LogP contribution < -0.4 is 5.11 Å². The van der Waals surface area contributed by atoms with Gasteiger partial charge in [-0.05, 0) is 23.2 Å². The van der Waals surface area contributed by atoms with Crippen LogP contribution in [0.25, 0.3) is 0 Å². The molecular formula is C10H12BrO2-. The normalized spacial score (nSPS) is 47.9. The quantitative estimate of drug-likeness (QED) is 0.700. The molecule has 0 saturated heterocycles. The number of fused-ring (bicyclic) bond motifs is 1. The highest BCUT2D eigenvalue weighted by Gasteiger charge is 2.59. The molecule has 0 unspecified atom stereocenters. The van der Waals surface area contributed by atoms with Gasteiger partial charge in [-0.3, -0.25) is 0 Å². The maximum Gasteiger partial charge on any atom is 0.0482 e. The smallest absolute Gasteiger partial charge is 0.0482 e. The molecule has 3 atom stereocenters. The molecule has 0 aromatic heterocycles. The SMILES string of the molecule is C[C@@]1(C(=O)[O-])CC[C@H]2C(Br)=C[C@]21C. The standard InChI is InChI=1S/C10H13BrO2/c1-9(8(12)13)4-3-6-7(11)5-10(6,9)2/h5-6H,3-4H2,1-2H3,(H,12,13)/p-1/t6-,9-,10+/m0/s1. The Balaban J connectivity index is 2.42. The van der Waals surface area contributed by atoms with Crippen molar-refractivity contribution in [3.05, 3.63) is 10.6 Å². The fourth-order valence-corrected chi connectivity index (χ4v) is 3.86. The van der Waals surface area contributed by atoms with Crippen LogP contribution in [0.2, 0.25) is 0 Å². The molecule has 0 amide bonds. The lowest BCUT2D eigenvalue weighted by atomic mass is 9.59. The summed E-state index contributed by atoms with van der Waals surface area (Å²) in [5, 5.41) is 11.1. The third kappa shape index (κ3) is 0.862. The average Bonchev–Trinajstić information content (AvgIpc) is 2.22. The number of carbonyl (C=O) groups excluding carboxylic acids is 1. The lowest BCUT2D eigenvalue weighted by Gasteiger charge is -2.48. The van der Waals surface area contributed by atoms with Gasteiger partial charge in [0.2, 0.25) is 0 Å². The van der Waals surface area contributed by atoms with E-state index in [-0.39, 0.29) is 5.41 Å².